The maximum absolute atomic E-state index is 11.2. The molecule has 4 heteroatoms. The summed E-state index contributed by atoms with van der Waals surface area (Å²) >= 11 is 0. The first-order valence-corrected chi connectivity index (χ1v) is 4.50. The van der Waals surface area contributed by atoms with Gasteiger partial charge < -0.3 is 10.6 Å². The van der Waals surface area contributed by atoms with Crippen molar-refractivity contribution >= 4 is 5.91 Å². The molecule has 1 rings (SSSR count). The zero-order valence-electron chi connectivity index (χ0n) is 8.53. The zero-order valence-corrected chi connectivity index (χ0v) is 8.53. The second-order valence-corrected chi connectivity index (χ2v) is 3.22. The van der Waals surface area contributed by atoms with Gasteiger partial charge in [0.2, 0.25) is 5.91 Å². The van der Waals surface area contributed by atoms with E-state index >= 15 is 0 Å². The van der Waals surface area contributed by atoms with Crippen molar-refractivity contribution in [1.29, 1.82) is 0 Å². The molecule has 0 unspecified atom stereocenters. The minimum Gasteiger partial charge on any atom is -0.339 e. The van der Waals surface area contributed by atoms with Crippen LogP contribution < -0.4 is 5.73 Å². The van der Waals surface area contributed by atoms with Crippen LogP contribution in [0.15, 0.2) is 18.2 Å². The second-order valence-electron chi connectivity index (χ2n) is 3.22. The molecule has 1 heterocycles. The molecule has 0 aliphatic heterocycles. The van der Waals surface area contributed by atoms with E-state index in [2.05, 4.69) is 4.98 Å². The maximum Gasteiger partial charge on any atom is 0.236 e. The van der Waals surface area contributed by atoms with Crippen LogP contribution in [-0.2, 0) is 11.3 Å². The first-order chi connectivity index (χ1) is 6.63. The molecule has 1 aromatic heterocycles. The quantitative estimate of drug-likeness (QED) is 0.751. The number of hydrogen-bond acceptors (Lipinski definition) is 3. The van der Waals surface area contributed by atoms with Gasteiger partial charge in [0.25, 0.3) is 0 Å². The van der Waals surface area contributed by atoms with E-state index < -0.39 is 0 Å². The molecule has 2 N–H and O–H groups in total. The van der Waals surface area contributed by atoms with Gasteiger partial charge >= 0.3 is 0 Å². The van der Waals surface area contributed by atoms with E-state index in [4.69, 9.17) is 5.73 Å². The number of hydrogen-bond donors (Lipinski definition) is 1. The van der Waals surface area contributed by atoms with Crippen molar-refractivity contribution in [2.45, 2.75) is 13.5 Å². The van der Waals surface area contributed by atoms with Gasteiger partial charge in [-0.1, -0.05) is 6.07 Å². The van der Waals surface area contributed by atoms with Crippen LogP contribution in [0.1, 0.15) is 11.4 Å². The smallest absolute Gasteiger partial charge is 0.236 e. The molecule has 0 aliphatic rings. The number of likely N-dealkylation sites (N-methyl/N-ethyl adjacent to an activating group) is 1. The number of amides is 1. The molecule has 4 nitrogen and oxygen atoms in total. The lowest BCUT2D eigenvalue weighted by molar-refractivity contribution is -0.128. The fraction of sp³-hybridized carbons (Fsp3) is 0.400. The summed E-state index contributed by atoms with van der Waals surface area (Å²) in [5.74, 6) is -0.0756. The molecule has 0 atom stereocenters. The van der Waals surface area contributed by atoms with Crippen molar-refractivity contribution in [3.8, 4) is 0 Å². The highest BCUT2D eigenvalue weighted by molar-refractivity contribution is 5.77. The number of aromatic nitrogens is 1. The van der Waals surface area contributed by atoms with E-state index in [1.54, 1.807) is 11.9 Å². The molecule has 0 fully saturated rings. The Morgan fingerprint density at radius 1 is 1.57 bits per heavy atom. The molecule has 0 spiro atoms. The molecular weight excluding hydrogens is 178 g/mol. The summed E-state index contributed by atoms with van der Waals surface area (Å²) in [4.78, 5) is 17.0. The average molecular weight is 193 g/mol. The Morgan fingerprint density at radius 3 is 2.86 bits per heavy atom. The van der Waals surface area contributed by atoms with Gasteiger partial charge in [-0.3, -0.25) is 9.78 Å². The van der Waals surface area contributed by atoms with Crippen LogP contribution in [0.4, 0.5) is 0 Å². The third-order valence-corrected chi connectivity index (χ3v) is 1.95. The van der Waals surface area contributed by atoms with Gasteiger partial charge in [0.15, 0.2) is 0 Å². The highest BCUT2D eigenvalue weighted by atomic mass is 16.2. The monoisotopic (exact) mass is 193 g/mol. The summed E-state index contributed by atoms with van der Waals surface area (Å²) < 4.78 is 0. The van der Waals surface area contributed by atoms with E-state index in [-0.39, 0.29) is 12.5 Å². The molecule has 0 aliphatic carbocycles. The molecule has 1 aromatic rings. The number of aryl methyl sites for hydroxylation is 1. The summed E-state index contributed by atoms with van der Waals surface area (Å²) in [6, 6.07) is 5.75. The van der Waals surface area contributed by atoms with Crippen molar-refractivity contribution in [3.05, 3.63) is 29.6 Å². The van der Waals surface area contributed by atoms with Gasteiger partial charge in [0.05, 0.1) is 18.8 Å². The Hall–Kier alpha value is -1.42. The van der Waals surface area contributed by atoms with E-state index in [1.165, 1.54) is 0 Å². The van der Waals surface area contributed by atoms with Gasteiger partial charge in [-0.15, -0.1) is 0 Å². The van der Waals surface area contributed by atoms with Crippen molar-refractivity contribution in [2.75, 3.05) is 13.6 Å². The lowest BCUT2D eigenvalue weighted by Crippen LogP contribution is -2.32. The summed E-state index contributed by atoms with van der Waals surface area (Å²) in [6.07, 6.45) is 0. The van der Waals surface area contributed by atoms with Gasteiger partial charge in [-0.2, -0.15) is 0 Å². The van der Waals surface area contributed by atoms with Crippen LogP contribution in [-0.4, -0.2) is 29.4 Å². The molecule has 14 heavy (non-hydrogen) atoms. The Morgan fingerprint density at radius 2 is 2.29 bits per heavy atom. The summed E-state index contributed by atoms with van der Waals surface area (Å²) in [5.41, 5.74) is 7.08. The van der Waals surface area contributed by atoms with Crippen LogP contribution in [0.25, 0.3) is 0 Å². The van der Waals surface area contributed by atoms with Crippen LogP contribution in [0.3, 0.4) is 0 Å². The molecule has 0 radical (unpaired) electrons. The van der Waals surface area contributed by atoms with Gasteiger partial charge in [-0.05, 0) is 19.1 Å². The number of nitrogens with zero attached hydrogens (tertiary/aromatic N) is 2. The summed E-state index contributed by atoms with van der Waals surface area (Å²) in [6.45, 7) is 2.48. The predicted molar refractivity (Wildman–Crippen MR) is 54.5 cm³/mol. The highest BCUT2D eigenvalue weighted by Crippen LogP contribution is 2.01. The third-order valence-electron chi connectivity index (χ3n) is 1.95. The lowest BCUT2D eigenvalue weighted by Gasteiger charge is -2.15. The largest absolute Gasteiger partial charge is 0.339 e. The minimum absolute atomic E-state index is 0.0440. The topological polar surface area (TPSA) is 59.2 Å². The van der Waals surface area contributed by atoms with Gasteiger partial charge in [0, 0.05) is 12.7 Å². The maximum atomic E-state index is 11.2. The Bertz CT molecular complexity index is 325. The standard InChI is InChI=1S/C10H15N3O/c1-8-4-3-5-9(12-8)7-13(2)10(14)6-11/h3-5H,6-7,11H2,1-2H3. The molecule has 0 saturated heterocycles. The number of rotatable bonds is 3. The number of pyridine rings is 1. The average Bonchev–Trinajstić information content (AvgIpc) is 2.16. The van der Waals surface area contributed by atoms with E-state index in [0.29, 0.717) is 6.54 Å². The Balaban J connectivity index is 2.64. The Kier molecular flexibility index (Phi) is 3.59. The molecule has 76 valence electrons. The summed E-state index contributed by atoms with van der Waals surface area (Å²) in [5, 5.41) is 0. The van der Waals surface area contributed by atoms with Crippen LogP contribution in [0.5, 0.6) is 0 Å². The fourth-order valence-corrected chi connectivity index (χ4v) is 1.17. The van der Waals surface area contributed by atoms with E-state index in [1.807, 2.05) is 25.1 Å². The predicted octanol–water partition coefficient (Wildman–Crippen LogP) is 0.307. The molecule has 0 aromatic carbocycles. The first kappa shape index (κ1) is 10.7. The number of nitrogens with two attached hydrogens (primary N) is 1. The molecule has 0 saturated carbocycles. The van der Waals surface area contributed by atoms with E-state index in [0.717, 1.165) is 11.4 Å². The fourth-order valence-electron chi connectivity index (χ4n) is 1.17. The second kappa shape index (κ2) is 4.72. The SMILES string of the molecule is Cc1cccc(CN(C)C(=O)CN)n1. The highest BCUT2D eigenvalue weighted by Gasteiger charge is 2.06. The van der Waals surface area contributed by atoms with Crippen molar-refractivity contribution < 1.29 is 4.79 Å². The normalized spacial score (nSPS) is 9.93. The van der Waals surface area contributed by atoms with Crippen LogP contribution in [0.2, 0.25) is 0 Å². The van der Waals surface area contributed by atoms with Crippen molar-refractivity contribution in [3.63, 3.8) is 0 Å². The minimum atomic E-state index is -0.0756. The molecular formula is C10H15N3O. The molecule has 1 amide bonds. The third kappa shape index (κ3) is 2.81. The number of carbonyl (C=O) groups excluding carboxylic acids is 1. The summed E-state index contributed by atoms with van der Waals surface area (Å²) in [7, 11) is 1.72. The lowest BCUT2D eigenvalue weighted by atomic mass is 10.3. The number of carbonyl (C=O) groups is 1. The van der Waals surface area contributed by atoms with Crippen LogP contribution >= 0.6 is 0 Å². The van der Waals surface area contributed by atoms with Crippen LogP contribution in [0, 0.1) is 6.92 Å². The zero-order chi connectivity index (χ0) is 10.6. The first-order valence-electron chi connectivity index (χ1n) is 4.50. The Labute approximate surface area is 83.7 Å². The van der Waals surface area contributed by atoms with E-state index in [9.17, 15) is 4.79 Å². The van der Waals surface area contributed by atoms with Gasteiger partial charge in [0.1, 0.15) is 0 Å². The van der Waals surface area contributed by atoms with Gasteiger partial charge in [-0.25, -0.2) is 0 Å². The van der Waals surface area contributed by atoms with Crippen molar-refractivity contribution in [1.82, 2.24) is 9.88 Å². The van der Waals surface area contributed by atoms with Crippen molar-refractivity contribution in [2.24, 2.45) is 5.73 Å². The molecule has 0 bridgehead atoms.